The SMILES string of the molecule is O=[N+]([O-])C(c1ccc(-c2ccc(Cl)cc2)o1)[SH](=O)=O. The number of furan rings is 1. The number of nitro groups is 1. The Bertz CT molecular complexity index is 669. The zero-order valence-electron chi connectivity index (χ0n) is 9.36. The highest BCUT2D eigenvalue weighted by atomic mass is 35.5. The smallest absolute Gasteiger partial charge is 0.364 e. The third-order valence-corrected chi connectivity index (χ3v) is 3.50. The van der Waals surface area contributed by atoms with Crippen molar-refractivity contribution in [2.75, 3.05) is 0 Å². The summed E-state index contributed by atoms with van der Waals surface area (Å²) in [5.74, 6) is 0.126. The number of benzene rings is 1. The molecule has 0 radical (unpaired) electrons. The van der Waals surface area contributed by atoms with E-state index in [0.29, 0.717) is 16.3 Å². The molecule has 0 aliphatic carbocycles. The first-order valence-corrected chi connectivity index (χ1v) is 6.74. The van der Waals surface area contributed by atoms with Crippen LogP contribution in [0, 0.1) is 10.1 Å². The molecule has 100 valence electrons. The maximum Gasteiger partial charge on any atom is 0.364 e. The molecule has 0 spiro atoms. The minimum atomic E-state index is -3.25. The molecule has 1 aromatic carbocycles. The number of hydrogen-bond acceptors (Lipinski definition) is 5. The zero-order chi connectivity index (χ0) is 14.0. The van der Waals surface area contributed by atoms with E-state index in [1.807, 2.05) is 0 Å². The minimum absolute atomic E-state index is 0.217. The Morgan fingerprint density at radius 3 is 2.32 bits per heavy atom. The van der Waals surface area contributed by atoms with Gasteiger partial charge in [0.2, 0.25) is 10.7 Å². The molecule has 2 rings (SSSR count). The summed E-state index contributed by atoms with van der Waals surface area (Å²) in [4.78, 5) is 9.77. The second-order valence-electron chi connectivity index (χ2n) is 3.65. The minimum Gasteiger partial charge on any atom is -0.453 e. The summed E-state index contributed by atoms with van der Waals surface area (Å²) in [6.45, 7) is 0. The summed E-state index contributed by atoms with van der Waals surface area (Å²) in [5.41, 5.74) is 0.652. The lowest BCUT2D eigenvalue weighted by Crippen LogP contribution is -2.10. The van der Waals surface area contributed by atoms with Gasteiger partial charge in [0.25, 0.3) is 0 Å². The number of thiol groups is 1. The van der Waals surface area contributed by atoms with Gasteiger partial charge in [-0.05, 0) is 36.4 Å². The van der Waals surface area contributed by atoms with Crippen molar-refractivity contribution in [1.29, 1.82) is 0 Å². The Hall–Kier alpha value is -1.86. The van der Waals surface area contributed by atoms with E-state index in [9.17, 15) is 18.5 Å². The van der Waals surface area contributed by atoms with Crippen molar-refractivity contribution >= 4 is 22.3 Å². The van der Waals surface area contributed by atoms with Gasteiger partial charge in [-0.1, -0.05) is 11.6 Å². The average Bonchev–Trinajstić information content (AvgIpc) is 2.78. The second kappa shape index (κ2) is 5.41. The molecule has 1 atom stereocenters. The van der Waals surface area contributed by atoms with Crippen LogP contribution >= 0.6 is 11.6 Å². The molecule has 1 heterocycles. The van der Waals surface area contributed by atoms with E-state index in [1.54, 1.807) is 24.3 Å². The fraction of sp³-hybridized carbons (Fsp3) is 0.0909. The summed E-state index contributed by atoms with van der Waals surface area (Å²) >= 11 is 5.74. The van der Waals surface area contributed by atoms with Gasteiger partial charge in [0, 0.05) is 15.5 Å². The van der Waals surface area contributed by atoms with Crippen LogP contribution in [0.25, 0.3) is 11.3 Å². The van der Waals surface area contributed by atoms with Gasteiger partial charge < -0.3 is 4.42 Å². The van der Waals surface area contributed by atoms with E-state index >= 15 is 0 Å². The lowest BCUT2D eigenvalue weighted by atomic mass is 10.2. The summed E-state index contributed by atoms with van der Waals surface area (Å²) in [7, 11) is -3.25. The standard InChI is InChI=1S/C11H8ClNO5S/c12-8-3-1-7(2-4-8)9-5-6-10(18-9)11(13(14)15)19(16)17/h1-6,11,19H. The largest absolute Gasteiger partial charge is 0.453 e. The monoisotopic (exact) mass is 301 g/mol. The van der Waals surface area contributed by atoms with Crippen LogP contribution < -0.4 is 0 Å². The topological polar surface area (TPSA) is 90.4 Å². The summed E-state index contributed by atoms with van der Waals surface area (Å²) in [6, 6.07) is 9.37. The molecule has 0 bridgehead atoms. The lowest BCUT2D eigenvalue weighted by Gasteiger charge is -1.99. The van der Waals surface area contributed by atoms with Crippen molar-refractivity contribution in [2.24, 2.45) is 0 Å². The average molecular weight is 302 g/mol. The van der Waals surface area contributed by atoms with Crippen molar-refractivity contribution in [3.63, 3.8) is 0 Å². The van der Waals surface area contributed by atoms with Crippen LogP contribution in [-0.4, -0.2) is 13.3 Å². The fourth-order valence-corrected chi connectivity index (χ4v) is 2.17. The van der Waals surface area contributed by atoms with E-state index in [4.69, 9.17) is 16.0 Å². The quantitative estimate of drug-likeness (QED) is 0.532. The Balaban J connectivity index is 2.38. The number of halogens is 1. The maximum atomic E-state index is 10.8. The molecule has 0 aliphatic rings. The molecule has 0 fully saturated rings. The van der Waals surface area contributed by atoms with Crippen LogP contribution in [0.5, 0.6) is 0 Å². The predicted molar refractivity (Wildman–Crippen MR) is 69.2 cm³/mol. The van der Waals surface area contributed by atoms with Crippen LogP contribution in [-0.2, 0) is 10.7 Å². The Labute approximate surface area is 114 Å². The molecule has 2 aromatic rings. The fourth-order valence-electron chi connectivity index (χ4n) is 1.55. The molecule has 0 aliphatic heterocycles. The van der Waals surface area contributed by atoms with Crippen molar-refractivity contribution in [3.8, 4) is 11.3 Å². The van der Waals surface area contributed by atoms with E-state index in [0.717, 1.165) is 0 Å². The van der Waals surface area contributed by atoms with Gasteiger partial charge in [-0.25, -0.2) is 8.42 Å². The molecular weight excluding hydrogens is 294 g/mol. The Morgan fingerprint density at radius 2 is 1.79 bits per heavy atom. The first-order valence-electron chi connectivity index (χ1n) is 5.11. The van der Waals surface area contributed by atoms with Gasteiger partial charge in [0.05, 0.1) is 0 Å². The molecule has 0 N–H and O–H groups in total. The molecule has 6 nitrogen and oxygen atoms in total. The lowest BCUT2D eigenvalue weighted by molar-refractivity contribution is -0.504. The van der Waals surface area contributed by atoms with Crippen LogP contribution in [0.4, 0.5) is 0 Å². The van der Waals surface area contributed by atoms with Crippen LogP contribution in [0.15, 0.2) is 40.8 Å². The van der Waals surface area contributed by atoms with Crippen LogP contribution in [0.1, 0.15) is 11.1 Å². The van der Waals surface area contributed by atoms with Gasteiger partial charge in [0.1, 0.15) is 5.76 Å². The number of hydrogen-bond donors (Lipinski definition) is 1. The van der Waals surface area contributed by atoms with Crippen LogP contribution in [0.3, 0.4) is 0 Å². The third kappa shape index (κ3) is 2.94. The van der Waals surface area contributed by atoms with Gasteiger partial charge in [-0.3, -0.25) is 10.1 Å². The highest BCUT2D eigenvalue weighted by molar-refractivity contribution is 7.72. The Kier molecular flexibility index (Phi) is 3.87. The van der Waals surface area contributed by atoms with Crippen molar-refractivity contribution < 1.29 is 17.8 Å². The third-order valence-electron chi connectivity index (χ3n) is 2.41. The highest BCUT2D eigenvalue weighted by Gasteiger charge is 2.30. The zero-order valence-corrected chi connectivity index (χ0v) is 11.0. The van der Waals surface area contributed by atoms with Crippen molar-refractivity contribution in [1.82, 2.24) is 0 Å². The van der Waals surface area contributed by atoms with Gasteiger partial charge in [-0.15, -0.1) is 0 Å². The van der Waals surface area contributed by atoms with Crippen molar-refractivity contribution in [3.05, 3.63) is 57.3 Å². The molecule has 1 aromatic heterocycles. The van der Waals surface area contributed by atoms with E-state index < -0.39 is 21.0 Å². The highest BCUT2D eigenvalue weighted by Crippen LogP contribution is 2.27. The van der Waals surface area contributed by atoms with Crippen molar-refractivity contribution in [2.45, 2.75) is 5.37 Å². The normalized spacial score (nSPS) is 12.5. The first kappa shape index (κ1) is 13.6. The summed E-state index contributed by atoms with van der Waals surface area (Å²) < 4.78 is 26.9. The van der Waals surface area contributed by atoms with E-state index in [1.165, 1.54) is 12.1 Å². The first-order chi connectivity index (χ1) is 8.99. The molecule has 8 heteroatoms. The summed E-state index contributed by atoms with van der Waals surface area (Å²) in [6.07, 6.45) is 0. The van der Waals surface area contributed by atoms with Crippen LogP contribution in [0.2, 0.25) is 5.02 Å². The molecule has 0 saturated heterocycles. The Morgan fingerprint density at radius 1 is 1.16 bits per heavy atom. The number of nitrogens with zero attached hydrogens (tertiary/aromatic N) is 1. The van der Waals surface area contributed by atoms with Gasteiger partial charge in [0.15, 0.2) is 5.76 Å². The molecule has 0 amide bonds. The second-order valence-corrected chi connectivity index (χ2v) is 5.15. The van der Waals surface area contributed by atoms with Gasteiger partial charge >= 0.3 is 5.37 Å². The maximum absolute atomic E-state index is 10.8. The van der Waals surface area contributed by atoms with Gasteiger partial charge in [-0.2, -0.15) is 0 Å². The molecule has 1 unspecified atom stereocenters. The number of rotatable bonds is 4. The predicted octanol–water partition coefficient (Wildman–Crippen LogP) is 2.49. The summed E-state index contributed by atoms with van der Waals surface area (Å²) in [5, 5.41) is 9.35. The van der Waals surface area contributed by atoms with E-state index in [2.05, 4.69) is 0 Å². The van der Waals surface area contributed by atoms with E-state index in [-0.39, 0.29) is 5.76 Å². The molecular formula is C11H8ClNO5S. The molecule has 0 saturated carbocycles. The molecule has 19 heavy (non-hydrogen) atoms.